The van der Waals surface area contributed by atoms with Crippen molar-refractivity contribution in [3.63, 3.8) is 0 Å². The van der Waals surface area contributed by atoms with E-state index in [1.54, 1.807) is 0 Å². The molecule has 0 fully saturated rings. The average molecular weight is 380 g/mol. The Balaban J connectivity index is 1.85. The molecule has 1 aliphatic rings. The highest BCUT2D eigenvalue weighted by atomic mass is 19.4. The summed E-state index contributed by atoms with van der Waals surface area (Å²) in [5.74, 6) is -2.28. The van der Waals surface area contributed by atoms with Crippen LogP contribution in [-0.2, 0) is 0 Å². The Morgan fingerprint density at radius 2 is 1.74 bits per heavy atom. The van der Waals surface area contributed by atoms with E-state index in [9.17, 15) is 22.0 Å². The topological polar surface area (TPSA) is 62.3 Å². The average Bonchev–Trinajstić information content (AvgIpc) is 2.97. The lowest BCUT2D eigenvalue weighted by atomic mass is 10.1. The zero-order valence-electron chi connectivity index (χ0n) is 13.2. The summed E-state index contributed by atoms with van der Waals surface area (Å²) >= 11 is 0. The van der Waals surface area contributed by atoms with Crippen LogP contribution in [0.2, 0.25) is 0 Å². The van der Waals surface area contributed by atoms with E-state index in [0.29, 0.717) is 0 Å². The van der Waals surface area contributed by atoms with Gasteiger partial charge in [-0.05, 0) is 30.3 Å². The fourth-order valence-corrected chi connectivity index (χ4v) is 2.72. The van der Waals surface area contributed by atoms with Gasteiger partial charge >= 0.3 is 6.36 Å². The van der Waals surface area contributed by atoms with E-state index in [1.807, 2.05) is 0 Å². The van der Waals surface area contributed by atoms with E-state index in [-0.39, 0.29) is 28.5 Å². The summed E-state index contributed by atoms with van der Waals surface area (Å²) in [7, 11) is 0. The number of halogens is 5. The summed E-state index contributed by atoms with van der Waals surface area (Å²) in [5.41, 5.74) is 0.599. The maximum atomic E-state index is 14.2. The van der Waals surface area contributed by atoms with Crippen molar-refractivity contribution in [3.05, 3.63) is 59.8 Å². The number of hydrogen-bond acceptors (Lipinski definition) is 4. The molecule has 2 N–H and O–H groups in total. The van der Waals surface area contributed by atoms with Gasteiger partial charge in [0.1, 0.15) is 28.9 Å². The molecule has 2 aromatic carbocycles. The normalized spacial score (nSPS) is 13.1. The Bertz CT molecular complexity index is 1040. The molecule has 0 saturated carbocycles. The fourth-order valence-electron chi connectivity index (χ4n) is 2.72. The van der Waals surface area contributed by atoms with Crippen LogP contribution < -0.4 is 10.1 Å². The van der Waals surface area contributed by atoms with Gasteiger partial charge in [0.2, 0.25) is 0 Å². The molecule has 138 valence electrons. The van der Waals surface area contributed by atoms with Gasteiger partial charge in [-0.25, -0.2) is 13.8 Å². The molecule has 0 saturated heterocycles. The second-order valence-corrected chi connectivity index (χ2v) is 5.57. The number of ether oxygens (including phenoxy) is 1. The quantitative estimate of drug-likeness (QED) is 0.631. The first-order valence-corrected chi connectivity index (χ1v) is 7.55. The van der Waals surface area contributed by atoms with E-state index in [0.717, 1.165) is 24.3 Å². The number of anilines is 1. The lowest BCUT2D eigenvalue weighted by Gasteiger charge is -2.14. The SMILES string of the molecule is Fc1cccc(F)c1C1=Nc2cn[nH]c2-c2cc(OC(F)(F)F)ccc2N1. The van der Waals surface area contributed by atoms with Gasteiger partial charge < -0.3 is 10.1 Å². The molecular formula is C17H9F5N4O. The molecular weight excluding hydrogens is 371 g/mol. The molecule has 1 aliphatic heterocycles. The first-order chi connectivity index (χ1) is 12.8. The summed E-state index contributed by atoms with van der Waals surface area (Å²) in [5, 5.41) is 9.20. The van der Waals surface area contributed by atoms with Gasteiger partial charge in [0.05, 0.1) is 17.5 Å². The van der Waals surface area contributed by atoms with Crippen molar-refractivity contribution in [2.75, 3.05) is 5.32 Å². The third-order valence-corrected chi connectivity index (χ3v) is 3.80. The zero-order chi connectivity index (χ0) is 19.2. The van der Waals surface area contributed by atoms with Crippen LogP contribution in [0.15, 0.2) is 47.6 Å². The van der Waals surface area contributed by atoms with Crippen molar-refractivity contribution < 1.29 is 26.7 Å². The molecule has 3 aromatic rings. The smallest absolute Gasteiger partial charge is 0.406 e. The molecule has 5 nitrogen and oxygen atoms in total. The van der Waals surface area contributed by atoms with Crippen molar-refractivity contribution in [2.24, 2.45) is 4.99 Å². The van der Waals surface area contributed by atoms with Crippen LogP contribution >= 0.6 is 0 Å². The predicted molar refractivity (Wildman–Crippen MR) is 86.9 cm³/mol. The van der Waals surface area contributed by atoms with Crippen molar-refractivity contribution >= 4 is 17.2 Å². The Morgan fingerprint density at radius 1 is 1.00 bits per heavy atom. The molecule has 1 aromatic heterocycles. The molecule has 4 rings (SSSR count). The highest BCUT2D eigenvalue weighted by Crippen LogP contribution is 2.40. The number of aromatic nitrogens is 2. The van der Waals surface area contributed by atoms with Gasteiger partial charge in [-0.2, -0.15) is 5.10 Å². The number of hydrogen-bond donors (Lipinski definition) is 2. The molecule has 0 spiro atoms. The maximum absolute atomic E-state index is 14.2. The molecule has 0 atom stereocenters. The number of H-pyrrole nitrogens is 1. The second kappa shape index (κ2) is 6.08. The first-order valence-electron chi connectivity index (χ1n) is 7.55. The van der Waals surface area contributed by atoms with Crippen LogP contribution in [0, 0.1) is 11.6 Å². The van der Waals surface area contributed by atoms with Gasteiger partial charge in [-0.1, -0.05) is 6.07 Å². The molecule has 0 radical (unpaired) electrons. The van der Waals surface area contributed by atoms with Crippen molar-refractivity contribution in [1.82, 2.24) is 10.2 Å². The van der Waals surface area contributed by atoms with Crippen molar-refractivity contribution in [2.45, 2.75) is 6.36 Å². The molecule has 0 bridgehead atoms. The summed E-state index contributed by atoms with van der Waals surface area (Å²) in [6, 6.07) is 6.86. The summed E-state index contributed by atoms with van der Waals surface area (Å²) < 4.78 is 69.8. The maximum Gasteiger partial charge on any atom is 0.573 e. The largest absolute Gasteiger partial charge is 0.573 e. The Labute approximate surface area is 148 Å². The standard InChI is InChI=1S/C17H9F5N4O/c18-10-2-1-3-11(19)14(10)16-24-12-5-4-8(27-17(20,21)22)6-9(12)15-13(25-16)7-23-26-15/h1-7H,(H,23,26)(H,24,25). The minimum Gasteiger partial charge on any atom is -0.406 e. The summed E-state index contributed by atoms with van der Waals surface area (Å²) in [6.45, 7) is 0. The van der Waals surface area contributed by atoms with Crippen molar-refractivity contribution in [1.29, 1.82) is 0 Å². The first kappa shape index (κ1) is 17.0. The third-order valence-electron chi connectivity index (χ3n) is 3.80. The number of aromatic amines is 1. The van der Waals surface area contributed by atoms with Crippen LogP contribution in [0.3, 0.4) is 0 Å². The predicted octanol–water partition coefficient (Wildman–Crippen LogP) is 4.76. The zero-order valence-corrected chi connectivity index (χ0v) is 13.2. The Kier molecular flexibility index (Phi) is 3.83. The van der Waals surface area contributed by atoms with E-state index in [4.69, 9.17) is 0 Å². The van der Waals surface area contributed by atoms with E-state index in [2.05, 4.69) is 25.2 Å². The molecule has 0 aliphatic carbocycles. The Hall–Kier alpha value is -3.43. The van der Waals surface area contributed by atoms with Crippen LogP contribution in [-0.4, -0.2) is 22.4 Å². The number of aliphatic imine (C=N–C) groups is 1. The summed E-state index contributed by atoms with van der Waals surface area (Å²) in [6.07, 6.45) is -3.57. The van der Waals surface area contributed by atoms with E-state index >= 15 is 0 Å². The van der Waals surface area contributed by atoms with Gasteiger partial charge in [-0.15, -0.1) is 13.2 Å². The lowest BCUT2D eigenvalue weighted by molar-refractivity contribution is -0.274. The number of rotatable bonds is 2. The van der Waals surface area contributed by atoms with Gasteiger partial charge in [-0.3, -0.25) is 5.10 Å². The summed E-state index contributed by atoms with van der Waals surface area (Å²) in [4.78, 5) is 4.18. The fraction of sp³-hybridized carbons (Fsp3) is 0.0588. The number of alkyl halides is 3. The minimum atomic E-state index is -4.86. The van der Waals surface area contributed by atoms with Crippen molar-refractivity contribution in [3.8, 4) is 17.0 Å². The molecule has 27 heavy (non-hydrogen) atoms. The Morgan fingerprint density at radius 3 is 2.44 bits per heavy atom. The van der Waals surface area contributed by atoms with Crippen LogP contribution in [0.1, 0.15) is 5.56 Å². The van der Waals surface area contributed by atoms with Gasteiger partial charge in [0.25, 0.3) is 0 Å². The number of nitrogens with one attached hydrogen (secondary N) is 2. The second-order valence-electron chi connectivity index (χ2n) is 5.57. The number of nitrogens with zero attached hydrogens (tertiary/aromatic N) is 2. The number of fused-ring (bicyclic) bond motifs is 3. The third kappa shape index (κ3) is 3.21. The lowest BCUT2D eigenvalue weighted by Crippen LogP contribution is -2.18. The van der Waals surface area contributed by atoms with E-state index < -0.39 is 29.3 Å². The number of amidine groups is 1. The van der Waals surface area contributed by atoms with Crippen LogP contribution in [0.5, 0.6) is 5.75 Å². The van der Waals surface area contributed by atoms with E-state index in [1.165, 1.54) is 18.3 Å². The monoisotopic (exact) mass is 380 g/mol. The molecule has 10 heteroatoms. The van der Waals surface area contributed by atoms with Gasteiger partial charge in [0.15, 0.2) is 0 Å². The van der Waals surface area contributed by atoms with Crippen LogP contribution in [0.4, 0.5) is 33.3 Å². The minimum absolute atomic E-state index is 0.142. The molecule has 0 amide bonds. The van der Waals surface area contributed by atoms with Crippen LogP contribution in [0.25, 0.3) is 11.3 Å². The van der Waals surface area contributed by atoms with Gasteiger partial charge in [0, 0.05) is 11.3 Å². The highest BCUT2D eigenvalue weighted by molar-refractivity contribution is 6.13. The highest BCUT2D eigenvalue weighted by Gasteiger charge is 2.32. The molecule has 2 heterocycles. The molecule has 0 unspecified atom stereocenters. The number of benzene rings is 2.